The molecule has 3 aliphatic rings. The molecule has 1 aromatic rings. The van der Waals surface area contributed by atoms with E-state index in [1.54, 1.807) is 45.2 Å². The molecule has 3 fully saturated rings. The third kappa shape index (κ3) is 3.45. The summed E-state index contributed by atoms with van der Waals surface area (Å²) in [5.41, 5.74) is 0. The lowest BCUT2D eigenvalue weighted by molar-refractivity contribution is -0.174. The van der Waals surface area contributed by atoms with E-state index in [0.717, 1.165) is 0 Å². The number of hydrogen-bond acceptors (Lipinski definition) is 8. The molecule has 0 saturated carbocycles. The van der Waals surface area contributed by atoms with Crippen molar-refractivity contribution in [2.75, 3.05) is 13.7 Å². The maximum Gasteiger partial charge on any atom is 0.265 e. The molecule has 29 heavy (non-hydrogen) atoms. The van der Waals surface area contributed by atoms with Gasteiger partial charge < -0.3 is 33.3 Å². The largest absolute Gasteiger partial charge is 0.497 e. The normalized spacial score (nSPS) is 43.1. The number of methoxy groups -OCH3 is 1. The fourth-order valence-electron chi connectivity index (χ4n) is 4.22. The second kappa shape index (κ2) is 6.76. The number of aliphatic hydroxyl groups is 1. The molecule has 3 heterocycles. The Morgan fingerprint density at radius 2 is 1.66 bits per heavy atom. The van der Waals surface area contributed by atoms with E-state index in [1.807, 2.05) is 13.8 Å². The molecule has 0 bridgehead atoms. The minimum absolute atomic E-state index is 0.259. The molecule has 0 aromatic heterocycles. The molecule has 3 aliphatic heterocycles. The highest BCUT2D eigenvalue weighted by Crippen LogP contribution is 2.66. The smallest absolute Gasteiger partial charge is 0.265 e. The molecule has 162 valence electrons. The maximum absolute atomic E-state index is 14.2. The Labute approximate surface area is 170 Å². The first kappa shape index (κ1) is 21.2. The van der Waals surface area contributed by atoms with E-state index in [9.17, 15) is 9.67 Å². The summed E-state index contributed by atoms with van der Waals surface area (Å²) in [6.45, 7) is 8.87. The monoisotopic (exact) mass is 428 g/mol. The minimum Gasteiger partial charge on any atom is -0.497 e. The molecule has 3 saturated heterocycles. The number of rotatable bonds is 3. The predicted octanol–water partition coefficient (Wildman–Crippen LogP) is 2.38. The average Bonchev–Trinajstić information content (AvgIpc) is 3.17. The van der Waals surface area contributed by atoms with Gasteiger partial charge in [0, 0.05) is 5.30 Å². The first-order chi connectivity index (χ1) is 13.4. The van der Waals surface area contributed by atoms with E-state index in [-0.39, 0.29) is 6.61 Å². The van der Waals surface area contributed by atoms with Crippen LogP contribution in [0.25, 0.3) is 0 Å². The third-order valence-electron chi connectivity index (χ3n) is 5.67. The first-order valence-corrected chi connectivity index (χ1v) is 11.3. The second-order valence-electron chi connectivity index (χ2n) is 8.80. The molecule has 0 aliphatic carbocycles. The summed E-state index contributed by atoms with van der Waals surface area (Å²) in [5.74, 6) is -1.14. The van der Waals surface area contributed by atoms with Gasteiger partial charge in [0.05, 0.1) is 13.7 Å². The Bertz CT molecular complexity index is 818. The van der Waals surface area contributed by atoms with Gasteiger partial charge in [-0.2, -0.15) is 0 Å². The number of hydrogen-bond donors (Lipinski definition) is 1. The zero-order valence-electron chi connectivity index (χ0n) is 17.6. The van der Waals surface area contributed by atoms with Crippen LogP contribution in [0, 0.1) is 0 Å². The van der Waals surface area contributed by atoms with Crippen LogP contribution in [0.4, 0.5) is 0 Å². The molecule has 4 rings (SSSR count). The first-order valence-electron chi connectivity index (χ1n) is 9.71. The van der Waals surface area contributed by atoms with Gasteiger partial charge in [0.2, 0.25) is 0 Å². The van der Waals surface area contributed by atoms with Crippen LogP contribution in [0.5, 0.6) is 5.75 Å². The van der Waals surface area contributed by atoms with Gasteiger partial charge in [-0.1, -0.05) is 0 Å². The summed E-state index contributed by atoms with van der Waals surface area (Å²) in [6.07, 6.45) is -2.78. The molecular weight excluding hydrogens is 399 g/mol. The fourth-order valence-corrected chi connectivity index (χ4v) is 6.75. The van der Waals surface area contributed by atoms with Crippen molar-refractivity contribution in [2.45, 2.75) is 76.0 Å². The number of fused-ring (bicyclic) bond motifs is 1. The van der Waals surface area contributed by atoms with Gasteiger partial charge >= 0.3 is 0 Å². The molecule has 1 aromatic carbocycles. The quantitative estimate of drug-likeness (QED) is 0.734. The Morgan fingerprint density at radius 1 is 1.00 bits per heavy atom. The molecule has 6 atom stereocenters. The van der Waals surface area contributed by atoms with Gasteiger partial charge in [0.15, 0.2) is 16.9 Å². The van der Waals surface area contributed by atoms with Gasteiger partial charge in [-0.3, -0.25) is 4.57 Å². The van der Waals surface area contributed by atoms with Crippen molar-refractivity contribution in [3.8, 4) is 5.75 Å². The Kier molecular flexibility index (Phi) is 4.95. The molecular formula is C20H29O8P. The number of benzene rings is 1. The van der Waals surface area contributed by atoms with Crippen molar-refractivity contribution >= 4 is 12.7 Å². The standard InChI is InChI=1S/C20H29O8P/c1-18(2)24-11-14(25-18)15-16-17(27-19(3,4)26-16)20(5,21)29(22,28-15)13-9-7-12(23-6)8-10-13/h7-10,14-17,21H,11H2,1-6H3/t14-,15-,16+,17+,20-,29?/m1/s1. The topological polar surface area (TPSA) is 92.7 Å². The lowest BCUT2D eigenvalue weighted by Gasteiger charge is -2.47. The van der Waals surface area contributed by atoms with Crippen LogP contribution >= 0.6 is 7.37 Å². The van der Waals surface area contributed by atoms with Crippen molar-refractivity contribution in [1.29, 1.82) is 0 Å². The SMILES string of the molecule is COc1ccc(P2(=O)O[C@H]([C@H]3COC(C)(C)O3)[C@@H]3OC(C)(C)O[C@@H]3[C@]2(C)O)cc1. The molecule has 0 spiro atoms. The third-order valence-corrected chi connectivity index (χ3v) is 8.63. The van der Waals surface area contributed by atoms with E-state index in [0.29, 0.717) is 11.1 Å². The van der Waals surface area contributed by atoms with Gasteiger partial charge in [0.1, 0.15) is 30.2 Å². The highest BCUT2D eigenvalue weighted by molar-refractivity contribution is 7.68. The highest BCUT2D eigenvalue weighted by Gasteiger charge is 2.67. The fraction of sp³-hybridized carbons (Fsp3) is 0.700. The van der Waals surface area contributed by atoms with Crippen LogP contribution in [-0.2, 0) is 28.0 Å². The van der Waals surface area contributed by atoms with Crippen LogP contribution in [-0.4, -0.2) is 60.2 Å². The summed E-state index contributed by atoms with van der Waals surface area (Å²) < 4.78 is 49.4. The summed E-state index contributed by atoms with van der Waals surface area (Å²) in [4.78, 5) is 0. The van der Waals surface area contributed by atoms with Gasteiger partial charge in [0.25, 0.3) is 7.37 Å². The molecule has 0 radical (unpaired) electrons. The maximum atomic E-state index is 14.2. The summed E-state index contributed by atoms with van der Waals surface area (Å²) in [5, 5.41) is 10.0. The Hall–Kier alpha value is -0.990. The molecule has 0 amide bonds. The average molecular weight is 428 g/mol. The van der Waals surface area contributed by atoms with E-state index in [2.05, 4.69) is 0 Å². The van der Waals surface area contributed by atoms with Gasteiger partial charge in [-0.25, -0.2) is 0 Å². The van der Waals surface area contributed by atoms with Crippen molar-refractivity contribution in [3.05, 3.63) is 24.3 Å². The van der Waals surface area contributed by atoms with Crippen molar-refractivity contribution in [1.82, 2.24) is 0 Å². The minimum atomic E-state index is -3.82. The molecule has 1 unspecified atom stereocenters. The molecule has 8 nitrogen and oxygen atoms in total. The van der Waals surface area contributed by atoms with E-state index >= 15 is 0 Å². The van der Waals surface area contributed by atoms with Crippen molar-refractivity contribution in [2.24, 2.45) is 0 Å². The Balaban J connectivity index is 1.76. The summed E-state index contributed by atoms with van der Waals surface area (Å²) in [7, 11) is -2.26. The van der Waals surface area contributed by atoms with Crippen LogP contribution < -0.4 is 10.0 Å². The zero-order chi connectivity index (χ0) is 21.2. The molecule has 9 heteroatoms. The van der Waals surface area contributed by atoms with Crippen LogP contribution in [0.3, 0.4) is 0 Å². The molecule has 1 N–H and O–H groups in total. The second-order valence-corrected chi connectivity index (χ2v) is 11.5. The van der Waals surface area contributed by atoms with Crippen molar-refractivity contribution < 1.29 is 37.9 Å². The number of ether oxygens (including phenoxy) is 5. The van der Waals surface area contributed by atoms with Crippen LogP contribution in [0.15, 0.2) is 24.3 Å². The van der Waals surface area contributed by atoms with E-state index in [1.165, 1.54) is 6.92 Å². The van der Waals surface area contributed by atoms with E-state index < -0.39 is 48.7 Å². The lowest BCUT2D eigenvalue weighted by atomic mass is 9.99. The summed E-state index contributed by atoms with van der Waals surface area (Å²) in [6, 6.07) is 6.65. The predicted molar refractivity (Wildman–Crippen MR) is 104 cm³/mol. The van der Waals surface area contributed by atoms with Crippen LogP contribution in [0.2, 0.25) is 0 Å². The van der Waals surface area contributed by atoms with Crippen LogP contribution in [0.1, 0.15) is 34.6 Å². The van der Waals surface area contributed by atoms with Gasteiger partial charge in [-0.05, 0) is 58.9 Å². The summed E-state index contributed by atoms with van der Waals surface area (Å²) >= 11 is 0. The highest BCUT2D eigenvalue weighted by atomic mass is 31.2. The lowest BCUT2D eigenvalue weighted by Crippen LogP contribution is -2.60. The van der Waals surface area contributed by atoms with Crippen molar-refractivity contribution in [3.63, 3.8) is 0 Å². The zero-order valence-corrected chi connectivity index (χ0v) is 18.5. The van der Waals surface area contributed by atoms with Gasteiger partial charge in [-0.15, -0.1) is 0 Å². The Morgan fingerprint density at radius 3 is 2.21 bits per heavy atom. The van der Waals surface area contributed by atoms with E-state index in [4.69, 9.17) is 28.2 Å².